The van der Waals surface area contributed by atoms with Gasteiger partial charge in [0.25, 0.3) is 0 Å². The molecule has 1 aliphatic heterocycles. The molecule has 0 radical (unpaired) electrons. The van der Waals surface area contributed by atoms with Crippen molar-refractivity contribution in [2.24, 2.45) is 0 Å². The molecule has 1 saturated heterocycles. The SMILES string of the molecule is CCCc1noc(CSc2nnc(N3CCCCC3)n2-c2ccccc2)n1. The maximum absolute atomic E-state index is 5.36. The fraction of sp³-hybridized carbons (Fsp3) is 0.474. The Kier molecular flexibility index (Phi) is 5.72. The molecule has 0 spiro atoms. The Balaban J connectivity index is 1.58. The molecule has 0 N–H and O–H groups in total. The Morgan fingerprint density at radius 1 is 1.07 bits per heavy atom. The molecule has 0 atom stereocenters. The normalized spacial score (nSPS) is 14.6. The Hall–Kier alpha value is -2.35. The number of para-hydroxylation sites is 1. The van der Waals surface area contributed by atoms with Crippen LogP contribution < -0.4 is 4.90 Å². The van der Waals surface area contributed by atoms with Crippen molar-refractivity contribution in [1.29, 1.82) is 0 Å². The van der Waals surface area contributed by atoms with E-state index in [1.807, 2.05) is 18.2 Å². The van der Waals surface area contributed by atoms with Gasteiger partial charge in [0, 0.05) is 19.5 Å². The molecule has 3 heterocycles. The van der Waals surface area contributed by atoms with Crippen molar-refractivity contribution in [2.45, 2.75) is 49.9 Å². The van der Waals surface area contributed by atoms with Crippen LogP contribution in [0.25, 0.3) is 5.69 Å². The van der Waals surface area contributed by atoms with E-state index in [0.29, 0.717) is 11.6 Å². The second-order valence-corrected chi connectivity index (χ2v) is 7.59. The highest BCUT2D eigenvalue weighted by Crippen LogP contribution is 2.29. The first-order valence-electron chi connectivity index (χ1n) is 9.55. The molecule has 1 fully saturated rings. The van der Waals surface area contributed by atoms with Crippen LogP contribution in [0.1, 0.15) is 44.3 Å². The molecular weight excluding hydrogens is 360 g/mol. The van der Waals surface area contributed by atoms with Gasteiger partial charge in [-0.25, -0.2) is 0 Å². The zero-order valence-electron chi connectivity index (χ0n) is 15.5. The highest BCUT2D eigenvalue weighted by Gasteiger charge is 2.22. The first-order valence-corrected chi connectivity index (χ1v) is 10.5. The molecule has 27 heavy (non-hydrogen) atoms. The summed E-state index contributed by atoms with van der Waals surface area (Å²) in [5, 5.41) is 13.9. The average molecular weight is 385 g/mol. The number of nitrogens with zero attached hydrogens (tertiary/aromatic N) is 6. The van der Waals surface area contributed by atoms with Crippen molar-refractivity contribution in [3.63, 3.8) is 0 Å². The van der Waals surface area contributed by atoms with E-state index in [-0.39, 0.29) is 0 Å². The van der Waals surface area contributed by atoms with Crippen LogP contribution in [0.4, 0.5) is 5.95 Å². The minimum Gasteiger partial charge on any atom is -0.341 e. The van der Waals surface area contributed by atoms with Gasteiger partial charge in [-0.05, 0) is 37.8 Å². The van der Waals surface area contributed by atoms with Gasteiger partial charge in [-0.1, -0.05) is 42.0 Å². The van der Waals surface area contributed by atoms with Crippen molar-refractivity contribution in [1.82, 2.24) is 24.9 Å². The van der Waals surface area contributed by atoms with E-state index >= 15 is 0 Å². The maximum atomic E-state index is 5.36. The molecule has 2 aromatic heterocycles. The lowest BCUT2D eigenvalue weighted by molar-refractivity contribution is 0.384. The van der Waals surface area contributed by atoms with Gasteiger partial charge >= 0.3 is 0 Å². The molecule has 7 nitrogen and oxygen atoms in total. The zero-order valence-corrected chi connectivity index (χ0v) is 16.4. The Morgan fingerprint density at radius 2 is 1.89 bits per heavy atom. The zero-order chi connectivity index (χ0) is 18.5. The third-order valence-electron chi connectivity index (χ3n) is 4.58. The number of piperidine rings is 1. The fourth-order valence-electron chi connectivity index (χ4n) is 3.26. The highest BCUT2D eigenvalue weighted by molar-refractivity contribution is 7.98. The minimum absolute atomic E-state index is 0.585. The molecule has 0 bridgehead atoms. The Bertz CT molecular complexity index is 856. The topological polar surface area (TPSA) is 72.9 Å². The van der Waals surface area contributed by atoms with E-state index in [1.54, 1.807) is 11.8 Å². The molecule has 142 valence electrons. The van der Waals surface area contributed by atoms with E-state index in [2.05, 4.69) is 48.9 Å². The molecule has 1 aliphatic rings. The van der Waals surface area contributed by atoms with Gasteiger partial charge in [-0.3, -0.25) is 4.57 Å². The smallest absolute Gasteiger partial charge is 0.237 e. The molecule has 0 unspecified atom stereocenters. The number of hydrogen-bond donors (Lipinski definition) is 0. The second-order valence-electron chi connectivity index (χ2n) is 6.64. The Labute approximate surface area is 163 Å². The number of aromatic nitrogens is 5. The van der Waals surface area contributed by atoms with Crippen LogP contribution in [0.3, 0.4) is 0 Å². The summed E-state index contributed by atoms with van der Waals surface area (Å²) < 4.78 is 7.50. The van der Waals surface area contributed by atoms with E-state index in [4.69, 9.17) is 4.52 Å². The van der Waals surface area contributed by atoms with E-state index < -0.39 is 0 Å². The number of anilines is 1. The second kappa shape index (κ2) is 8.56. The lowest BCUT2D eigenvalue weighted by Crippen LogP contribution is -2.31. The van der Waals surface area contributed by atoms with Gasteiger partial charge in [0.05, 0.1) is 11.4 Å². The van der Waals surface area contributed by atoms with Crippen LogP contribution in [0, 0.1) is 0 Å². The monoisotopic (exact) mass is 384 g/mol. The summed E-state index contributed by atoms with van der Waals surface area (Å²) in [4.78, 5) is 6.78. The van der Waals surface area contributed by atoms with E-state index in [0.717, 1.165) is 48.5 Å². The van der Waals surface area contributed by atoms with Gasteiger partial charge in [-0.2, -0.15) is 4.98 Å². The first kappa shape index (κ1) is 18.0. The van der Waals surface area contributed by atoms with Crippen LogP contribution >= 0.6 is 11.8 Å². The number of aryl methyl sites for hydroxylation is 1. The summed E-state index contributed by atoms with van der Waals surface area (Å²) in [6.07, 6.45) is 5.54. The van der Waals surface area contributed by atoms with Crippen LogP contribution in [-0.2, 0) is 12.2 Å². The third kappa shape index (κ3) is 4.16. The molecule has 3 aromatic rings. The average Bonchev–Trinajstić information content (AvgIpc) is 3.35. The van der Waals surface area contributed by atoms with Gasteiger partial charge in [0.15, 0.2) is 11.0 Å². The van der Waals surface area contributed by atoms with E-state index in [1.165, 1.54) is 19.3 Å². The van der Waals surface area contributed by atoms with E-state index in [9.17, 15) is 0 Å². The quantitative estimate of drug-likeness (QED) is 0.572. The largest absolute Gasteiger partial charge is 0.341 e. The number of hydrogen-bond acceptors (Lipinski definition) is 7. The predicted molar refractivity (Wildman–Crippen MR) is 105 cm³/mol. The molecule has 0 aliphatic carbocycles. The van der Waals surface area contributed by atoms with Gasteiger partial charge < -0.3 is 9.42 Å². The Morgan fingerprint density at radius 3 is 2.67 bits per heavy atom. The van der Waals surface area contributed by atoms with Crippen molar-refractivity contribution in [3.05, 3.63) is 42.0 Å². The maximum Gasteiger partial charge on any atom is 0.237 e. The molecule has 8 heteroatoms. The molecule has 0 amide bonds. The molecule has 0 saturated carbocycles. The first-order chi connectivity index (χ1) is 13.3. The summed E-state index contributed by atoms with van der Waals surface area (Å²) in [7, 11) is 0. The van der Waals surface area contributed by atoms with Gasteiger partial charge in [-0.15, -0.1) is 10.2 Å². The lowest BCUT2D eigenvalue weighted by Gasteiger charge is -2.27. The van der Waals surface area contributed by atoms with Gasteiger partial charge in [0.1, 0.15) is 0 Å². The number of benzene rings is 1. The summed E-state index contributed by atoms with van der Waals surface area (Å²) >= 11 is 1.58. The third-order valence-corrected chi connectivity index (χ3v) is 5.49. The standard InChI is InChI=1S/C19H24N6OS/c1-2-9-16-20-17(26-23-16)14-27-19-22-21-18(24-12-7-4-8-13-24)25(19)15-10-5-3-6-11-15/h3,5-6,10-11H,2,4,7-9,12-14H2,1H3. The summed E-state index contributed by atoms with van der Waals surface area (Å²) in [5.41, 5.74) is 1.07. The summed E-state index contributed by atoms with van der Waals surface area (Å²) in [6.45, 7) is 4.16. The van der Waals surface area contributed by atoms with Crippen molar-refractivity contribution in [3.8, 4) is 5.69 Å². The summed E-state index contributed by atoms with van der Waals surface area (Å²) in [6, 6.07) is 10.3. The molecular formula is C19H24N6OS. The van der Waals surface area contributed by atoms with Crippen molar-refractivity contribution in [2.75, 3.05) is 18.0 Å². The van der Waals surface area contributed by atoms with Crippen molar-refractivity contribution >= 4 is 17.7 Å². The lowest BCUT2D eigenvalue weighted by atomic mass is 10.1. The molecule has 1 aromatic carbocycles. The highest BCUT2D eigenvalue weighted by atomic mass is 32.2. The van der Waals surface area contributed by atoms with Crippen LogP contribution in [0.2, 0.25) is 0 Å². The van der Waals surface area contributed by atoms with Crippen LogP contribution in [0.15, 0.2) is 40.0 Å². The number of thioether (sulfide) groups is 1. The minimum atomic E-state index is 0.585. The fourth-order valence-corrected chi connectivity index (χ4v) is 4.04. The predicted octanol–water partition coefficient (Wildman–Crippen LogP) is 3.89. The van der Waals surface area contributed by atoms with Crippen molar-refractivity contribution < 1.29 is 4.52 Å². The van der Waals surface area contributed by atoms with Crippen LogP contribution in [0.5, 0.6) is 0 Å². The molecule has 4 rings (SSSR count). The van der Waals surface area contributed by atoms with Gasteiger partial charge in [0.2, 0.25) is 11.8 Å². The summed E-state index contributed by atoms with van der Waals surface area (Å²) in [5.74, 6) is 2.90. The van der Waals surface area contributed by atoms with Crippen LogP contribution in [-0.4, -0.2) is 38.0 Å². The number of rotatable bonds is 7.